The van der Waals surface area contributed by atoms with Crippen LogP contribution >= 0.6 is 0 Å². The molecule has 0 bridgehead atoms. The summed E-state index contributed by atoms with van der Waals surface area (Å²) in [4.78, 5) is 20.5. The maximum atomic E-state index is 10.5. The van der Waals surface area contributed by atoms with Gasteiger partial charge in [0.15, 0.2) is 0 Å². The fourth-order valence-electron chi connectivity index (χ4n) is 0.580. The standard InChI is InChI=1S/C7H14N2O3/c1-9(2,3)5-4-8-6(10)7(11)12/h4-5H2,1-3H3,(H-,8,10,11,12)/p+1. The van der Waals surface area contributed by atoms with Gasteiger partial charge in [-0.2, -0.15) is 0 Å². The first kappa shape index (κ1) is 10.9. The van der Waals surface area contributed by atoms with E-state index in [1.807, 2.05) is 21.1 Å². The Labute approximate surface area is 71.6 Å². The number of aliphatic carboxylic acids is 1. The van der Waals surface area contributed by atoms with Crippen molar-refractivity contribution < 1.29 is 19.2 Å². The summed E-state index contributed by atoms with van der Waals surface area (Å²) in [7, 11) is 5.90. The molecular formula is C7H15N2O3+. The molecule has 0 aromatic carbocycles. The van der Waals surface area contributed by atoms with E-state index in [9.17, 15) is 9.59 Å². The van der Waals surface area contributed by atoms with E-state index in [2.05, 4.69) is 5.32 Å². The van der Waals surface area contributed by atoms with Crippen molar-refractivity contribution in [3.8, 4) is 0 Å². The highest BCUT2D eigenvalue weighted by molar-refractivity contribution is 6.31. The van der Waals surface area contributed by atoms with Gasteiger partial charge in [0, 0.05) is 0 Å². The molecule has 1 amide bonds. The van der Waals surface area contributed by atoms with Gasteiger partial charge in [-0.3, -0.25) is 4.79 Å². The van der Waals surface area contributed by atoms with Crippen LogP contribution in [0.5, 0.6) is 0 Å². The third-order valence-corrected chi connectivity index (χ3v) is 1.26. The first-order valence-electron chi connectivity index (χ1n) is 3.64. The summed E-state index contributed by atoms with van der Waals surface area (Å²) in [6, 6.07) is 0. The predicted octanol–water partition coefficient (Wildman–Crippen LogP) is -1.11. The molecule has 0 aromatic heterocycles. The second-order valence-corrected chi connectivity index (χ2v) is 3.57. The minimum atomic E-state index is -1.43. The summed E-state index contributed by atoms with van der Waals surface area (Å²) in [5.74, 6) is -2.38. The summed E-state index contributed by atoms with van der Waals surface area (Å²) in [6.07, 6.45) is 0. The van der Waals surface area contributed by atoms with Gasteiger partial charge in [-0.05, 0) is 0 Å². The van der Waals surface area contributed by atoms with Gasteiger partial charge in [-0.25, -0.2) is 4.79 Å². The van der Waals surface area contributed by atoms with Crippen LogP contribution in [-0.2, 0) is 9.59 Å². The lowest BCUT2D eigenvalue weighted by atomic mass is 10.5. The SMILES string of the molecule is C[N+](C)(C)CCNC(=O)C(=O)O. The Morgan fingerprint density at radius 3 is 2.17 bits per heavy atom. The van der Waals surface area contributed by atoms with Crippen LogP contribution in [0.2, 0.25) is 0 Å². The van der Waals surface area contributed by atoms with Gasteiger partial charge in [0.25, 0.3) is 0 Å². The minimum Gasteiger partial charge on any atom is -0.474 e. The van der Waals surface area contributed by atoms with Crippen LogP contribution < -0.4 is 5.32 Å². The molecule has 0 saturated carbocycles. The molecule has 0 heterocycles. The number of rotatable bonds is 3. The highest BCUT2D eigenvalue weighted by Crippen LogP contribution is 1.86. The van der Waals surface area contributed by atoms with Crippen LogP contribution in [0.25, 0.3) is 0 Å². The van der Waals surface area contributed by atoms with Crippen molar-refractivity contribution in [2.45, 2.75) is 0 Å². The Kier molecular flexibility index (Phi) is 3.69. The number of carbonyl (C=O) groups excluding carboxylic acids is 1. The highest BCUT2D eigenvalue weighted by atomic mass is 16.4. The normalized spacial score (nSPS) is 10.9. The van der Waals surface area contributed by atoms with Crippen molar-refractivity contribution in [1.29, 1.82) is 0 Å². The third-order valence-electron chi connectivity index (χ3n) is 1.26. The van der Waals surface area contributed by atoms with Crippen LogP contribution in [0.1, 0.15) is 0 Å². The molecule has 0 aliphatic heterocycles. The molecule has 0 unspecified atom stereocenters. The molecular weight excluding hydrogens is 160 g/mol. The zero-order valence-electron chi connectivity index (χ0n) is 7.63. The number of hydrogen-bond acceptors (Lipinski definition) is 2. The average molecular weight is 175 g/mol. The largest absolute Gasteiger partial charge is 0.474 e. The number of hydrogen-bond donors (Lipinski definition) is 2. The lowest BCUT2D eigenvalue weighted by molar-refractivity contribution is -0.869. The molecule has 0 aliphatic carbocycles. The lowest BCUT2D eigenvalue weighted by Gasteiger charge is -2.23. The molecule has 2 N–H and O–H groups in total. The van der Waals surface area contributed by atoms with E-state index >= 15 is 0 Å². The topological polar surface area (TPSA) is 66.4 Å². The van der Waals surface area contributed by atoms with E-state index in [0.717, 1.165) is 0 Å². The van der Waals surface area contributed by atoms with Crippen LogP contribution in [0, 0.1) is 0 Å². The lowest BCUT2D eigenvalue weighted by Crippen LogP contribution is -2.43. The molecule has 5 heteroatoms. The number of carboxylic acid groups (broad SMARTS) is 1. The highest BCUT2D eigenvalue weighted by Gasteiger charge is 2.12. The van der Waals surface area contributed by atoms with E-state index < -0.39 is 11.9 Å². The monoisotopic (exact) mass is 175 g/mol. The third kappa shape index (κ3) is 5.67. The molecule has 0 rings (SSSR count). The number of nitrogens with one attached hydrogen (secondary N) is 1. The zero-order valence-corrected chi connectivity index (χ0v) is 7.63. The van der Waals surface area contributed by atoms with E-state index in [-0.39, 0.29) is 0 Å². The van der Waals surface area contributed by atoms with E-state index in [1.54, 1.807) is 0 Å². The number of nitrogens with zero attached hydrogens (tertiary/aromatic N) is 1. The summed E-state index contributed by atoms with van der Waals surface area (Å²) < 4.78 is 0.694. The fraction of sp³-hybridized carbons (Fsp3) is 0.714. The second-order valence-electron chi connectivity index (χ2n) is 3.57. The molecule has 0 atom stereocenters. The maximum absolute atomic E-state index is 10.5. The smallest absolute Gasteiger partial charge is 0.394 e. The van der Waals surface area contributed by atoms with Crippen molar-refractivity contribution in [2.24, 2.45) is 0 Å². The van der Waals surface area contributed by atoms with Gasteiger partial charge in [-0.15, -0.1) is 0 Å². The number of amides is 1. The minimum absolute atomic E-state index is 0.384. The van der Waals surface area contributed by atoms with Gasteiger partial charge in [0.05, 0.1) is 34.2 Å². The van der Waals surface area contributed by atoms with E-state index in [1.165, 1.54) is 0 Å². The van der Waals surface area contributed by atoms with Gasteiger partial charge in [0.2, 0.25) is 0 Å². The molecule has 0 aliphatic rings. The second kappa shape index (κ2) is 4.06. The summed E-state index contributed by atoms with van der Waals surface area (Å²) in [5, 5.41) is 10.5. The number of carbonyl (C=O) groups is 2. The zero-order chi connectivity index (χ0) is 9.78. The Hall–Kier alpha value is -1.10. The first-order valence-corrected chi connectivity index (χ1v) is 3.64. The van der Waals surface area contributed by atoms with Gasteiger partial charge < -0.3 is 14.9 Å². The number of likely N-dealkylation sites (N-methyl/N-ethyl adjacent to an activating group) is 1. The predicted molar refractivity (Wildman–Crippen MR) is 43.5 cm³/mol. The molecule has 12 heavy (non-hydrogen) atoms. The Morgan fingerprint density at radius 2 is 1.83 bits per heavy atom. The Bertz CT molecular complexity index is 184. The van der Waals surface area contributed by atoms with Gasteiger partial charge in [0.1, 0.15) is 0 Å². The molecule has 0 saturated heterocycles. The molecule has 0 fully saturated rings. The summed E-state index contributed by atoms with van der Waals surface area (Å²) in [5.41, 5.74) is 0. The number of carboxylic acids is 1. The van der Waals surface area contributed by atoms with Crippen LogP contribution in [0.4, 0.5) is 0 Å². The van der Waals surface area contributed by atoms with Gasteiger partial charge in [-0.1, -0.05) is 0 Å². The molecule has 5 nitrogen and oxygen atoms in total. The quantitative estimate of drug-likeness (QED) is 0.422. The van der Waals surface area contributed by atoms with Crippen molar-refractivity contribution in [3.63, 3.8) is 0 Å². The molecule has 0 radical (unpaired) electrons. The van der Waals surface area contributed by atoms with Crippen molar-refractivity contribution in [2.75, 3.05) is 34.2 Å². The average Bonchev–Trinajstić information content (AvgIpc) is 1.84. The summed E-state index contributed by atoms with van der Waals surface area (Å²) in [6.45, 7) is 1.09. The van der Waals surface area contributed by atoms with Gasteiger partial charge >= 0.3 is 11.9 Å². The number of quaternary nitrogens is 1. The van der Waals surface area contributed by atoms with Crippen molar-refractivity contribution in [1.82, 2.24) is 5.32 Å². The van der Waals surface area contributed by atoms with Crippen LogP contribution in [-0.4, -0.2) is 55.7 Å². The fourth-order valence-corrected chi connectivity index (χ4v) is 0.580. The molecule has 0 aromatic rings. The maximum Gasteiger partial charge on any atom is 0.394 e. The Morgan fingerprint density at radius 1 is 1.33 bits per heavy atom. The van der Waals surface area contributed by atoms with E-state index in [0.29, 0.717) is 17.6 Å². The van der Waals surface area contributed by atoms with Crippen LogP contribution in [0.3, 0.4) is 0 Å². The Balaban J connectivity index is 3.58. The van der Waals surface area contributed by atoms with Crippen LogP contribution in [0.15, 0.2) is 0 Å². The molecule has 0 spiro atoms. The molecule has 70 valence electrons. The van der Waals surface area contributed by atoms with E-state index in [4.69, 9.17) is 5.11 Å². The first-order chi connectivity index (χ1) is 5.33. The van der Waals surface area contributed by atoms with Crippen molar-refractivity contribution >= 4 is 11.9 Å². The summed E-state index contributed by atoms with van der Waals surface area (Å²) >= 11 is 0. The van der Waals surface area contributed by atoms with Crippen molar-refractivity contribution in [3.05, 3.63) is 0 Å².